The van der Waals surface area contributed by atoms with Crippen molar-refractivity contribution in [3.63, 3.8) is 0 Å². The van der Waals surface area contributed by atoms with Crippen molar-refractivity contribution in [3.05, 3.63) is 47.5 Å². The molecule has 1 heterocycles. The SMILES string of the molecule is CCn1cnnc1CNCc1ccc(COC)cc1. The molecule has 2 aromatic rings. The Balaban J connectivity index is 1.82. The molecule has 0 fully saturated rings. The van der Waals surface area contributed by atoms with Gasteiger partial charge in [-0.3, -0.25) is 0 Å². The first-order chi connectivity index (χ1) is 9.33. The van der Waals surface area contributed by atoms with E-state index in [1.807, 2.05) is 4.57 Å². The number of aromatic nitrogens is 3. The quantitative estimate of drug-likeness (QED) is 0.824. The molecule has 0 saturated heterocycles. The van der Waals surface area contributed by atoms with Crippen molar-refractivity contribution in [1.82, 2.24) is 20.1 Å². The van der Waals surface area contributed by atoms with Crippen LogP contribution in [-0.4, -0.2) is 21.9 Å². The fourth-order valence-electron chi connectivity index (χ4n) is 1.92. The molecular formula is C14H20N4O. The van der Waals surface area contributed by atoms with E-state index in [2.05, 4.69) is 46.7 Å². The van der Waals surface area contributed by atoms with Crippen LogP contribution in [0.15, 0.2) is 30.6 Å². The molecule has 1 aromatic carbocycles. The van der Waals surface area contributed by atoms with Gasteiger partial charge in [0.05, 0.1) is 13.2 Å². The maximum Gasteiger partial charge on any atom is 0.146 e. The zero-order chi connectivity index (χ0) is 13.5. The van der Waals surface area contributed by atoms with Gasteiger partial charge in [-0.2, -0.15) is 0 Å². The van der Waals surface area contributed by atoms with Gasteiger partial charge in [-0.25, -0.2) is 0 Å². The van der Waals surface area contributed by atoms with E-state index in [1.54, 1.807) is 13.4 Å². The van der Waals surface area contributed by atoms with E-state index in [1.165, 1.54) is 11.1 Å². The van der Waals surface area contributed by atoms with Crippen molar-refractivity contribution in [3.8, 4) is 0 Å². The molecule has 0 aliphatic heterocycles. The fourth-order valence-corrected chi connectivity index (χ4v) is 1.92. The standard InChI is InChI=1S/C14H20N4O/c1-3-18-11-16-17-14(18)9-15-8-12-4-6-13(7-5-12)10-19-2/h4-7,11,15H,3,8-10H2,1-2H3. The minimum absolute atomic E-state index is 0.660. The van der Waals surface area contributed by atoms with Crippen LogP contribution >= 0.6 is 0 Å². The molecule has 0 saturated carbocycles. The van der Waals surface area contributed by atoms with Crippen LogP contribution in [0.25, 0.3) is 0 Å². The third kappa shape index (κ3) is 3.87. The van der Waals surface area contributed by atoms with E-state index < -0.39 is 0 Å². The third-order valence-corrected chi connectivity index (χ3v) is 2.98. The Morgan fingerprint density at radius 1 is 1.16 bits per heavy atom. The predicted octanol–water partition coefficient (Wildman–Crippen LogP) is 1.73. The number of aryl methyl sites for hydroxylation is 1. The van der Waals surface area contributed by atoms with Gasteiger partial charge in [0, 0.05) is 20.2 Å². The van der Waals surface area contributed by atoms with Crippen LogP contribution in [0.4, 0.5) is 0 Å². The number of nitrogens with zero attached hydrogens (tertiary/aromatic N) is 3. The Hall–Kier alpha value is -1.72. The minimum Gasteiger partial charge on any atom is -0.380 e. The first kappa shape index (κ1) is 13.7. The van der Waals surface area contributed by atoms with Crippen LogP contribution in [0, 0.1) is 0 Å². The summed E-state index contributed by atoms with van der Waals surface area (Å²) in [7, 11) is 1.71. The van der Waals surface area contributed by atoms with Gasteiger partial charge in [-0.05, 0) is 18.1 Å². The molecule has 0 amide bonds. The molecule has 0 aliphatic rings. The largest absolute Gasteiger partial charge is 0.380 e. The van der Waals surface area contributed by atoms with Crippen LogP contribution in [0.5, 0.6) is 0 Å². The monoisotopic (exact) mass is 260 g/mol. The summed E-state index contributed by atoms with van der Waals surface area (Å²) in [6.07, 6.45) is 1.76. The Bertz CT molecular complexity index is 492. The van der Waals surface area contributed by atoms with Crippen molar-refractivity contribution >= 4 is 0 Å². The van der Waals surface area contributed by atoms with Crippen molar-refractivity contribution in [2.24, 2.45) is 0 Å². The molecular weight excluding hydrogens is 240 g/mol. The summed E-state index contributed by atoms with van der Waals surface area (Å²) in [4.78, 5) is 0. The highest BCUT2D eigenvalue weighted by atomic mass is 16.5. The summed E-state index contributed by atoms with van der Waals surface area (Å²) in [6, 6.07) is 8.42. The van der Waals surface area contributed by atoms with Gasteiger partial charge < -0.3 is 14.6 Å². The van der Waals surface area contributed by atoms with E-state index >= 15 is 0 Å². The van der Waals surface area contributed by atoms with Gasteiger partial charge in [-0.15, -0.1) is 10.2 Å². The Morgan fingerprint density at radius 2 is 1.89 bits per heavy atom. The van der Waals surface area contributed by atoms with Crippen LogP contribution < -0.4 is 5.32 Å². The molecule has 5 nitrogen and oxygen atoms in total. The lowest BCUT2D eigenvalue weighted by molar-refractivity contribution is 0.185. The fraction of sp³-hybridized carbons (Fsp3) is 0.429. The lowest BCUT2D eigenvalue weighted by Crippen LogP contribution is -2.16. The number of hydrogen-bond donors (Lipinski definition) is 1. The second kappa shape index (κ2) is 7.01. The first-order valence-corrected chi connectivity index (χ1v) is 6.47. The molecule has 102 valence electrons. The Morgan fingerprint density at radius 3 is 2.58 bits per heavy atom. The van der Waals surface area contributed by atoms with E-state index in [0.29, 0.717) is 6.61 Å². The number of ether oxygens (including phenoxy) is 1. The third-order valence-electron chi connectivity index (χ3n) is 2.98. The van der Waals surface area contributed by atoms with Gasteiger partial charge >= 0.3 is 0 Å². The van der Waals surface area contributed by atoms with E-state index in [0.717, 1.165) is 25.5 Å². The molecule has 5 heteroatoms. The number of nitrogens with one attached hydrogen (secondary N) is 1. The lowest BCUT2D eigenvalue weighted by Gasteiger charge is -2.06. The van der Waals surface area contributed by atoms with Crippen molar-refractivity contribution in [2.45, 2.75) is 33.2 Å². The van der Waals surface area contributed by atoms with Gasteiger partial charge in [0.2, 0.25) is 0 Å². The van der Waals surface area contributed by atoms with Gasteiger partial charge in [0.25, 0.3) is 0 Å². The second-order valence-corrected chi connectivity index (χ2v) is 4.39. The highest BCUT2D eigenvalue weighted by Gasteiger charge is 2.01. The second-order valence-electron chi connectivity index (χ2n) is 4.39. The van der Waals surface area contributed by atoms with E-state index in [-0.39, 0.29) is 0 Å². The molecule has 0 spiro atoms. The van der Waals surface area contributed by atoms with Crippen LogP contribution in [0.1, 0.15) is 23.9 Å². The molecule has 0 bridgehead atoms. The van der Waals surface area contributed by atoms with Gasteiger partial charge in [-0.1, -0.05) is 24.3 Å². The average molecular weight is 260 g/mol. The van der Waals surface area contributed by atoms with Crippen molar-refractivity contribution in [1.29, 1.82) is 0 Å². The normalized spacial score (nSPS) is 10.8. The van der Waals surface area contributed by atoms with E-state index in [9.17, 15) is 0 Å². The summed E-state index contributed by atoms with van der Waals surface area (Å²) < 4.78 is 7.13. The smallest absolute Gasteiger partial charge is 0.146 e. The number of hydrogen-bond acceptors (Lipinski definition) is 4. The zero-order valence-electron chi connectivity index (χ0n) is 11.5. The van der Waals surface area contributed by atoms with Crippen LogP contribution in [0.3, 0.4) is 0 Å². The minimum atomic E-state index is 0.660. The zero-order valence-corrected chi connectivity index (χ0v) is 11.5. The van der Waals surface area contributed by atoms with Crippen molar-refractivity contribution in [2.75, 3.05) is 7.11 Å². The summed E-state index contributed by atoms with van der Waals surface area (Å²) in [5.74, 6) is 0.971. The molecule has 0 unspecified atom stereocenters. The summed E-state index contributed by atoms with van der Waals surface area (Å²) >= 11 is 0. The summed E-state index contributed by atoms with van der Waals surface area (Å²) in [6.45, 7) is 5.20. The van der Waals surface area contributed by atoms with Crippen LogP contribution in [-0.2, 0) is 31.0 Å². The molecule has 1 aromatic heterocycles. The maximum atomic E-state index is 5.09. The highest BCUT2D eigenvalue weighted by Crippen LogP contribution is 2.05. The molecule has 1 N–H and O–H groups in total. The predicted molar refractivity (Wildman–Crippen MR) is 73.4 cm³/mol. The maximum absolute atomic E-state index is 5.09. The Kier molecular flexibility index (Phi) is 5.06. The van der Waals surface area contributed by atoms with Gasteiger partial charge in [0.15, 0.2) is 0 Å². The summed E-state index contributed by atoms with van der Waals surface area (Å²) in [5, 5.41) is 11.4. The van der Waals surface area contributed by atoms with Gasteiger partial charge in [0.1, 0.15) is 12.2 Å². The lowest BCUT2D eigenvalue weighted by atomic mass is 10.1. The molecule has 2 rings (SSSR count). The molecule has 0 aliphatic carbocycles. The van der Waals surface area contributed by atoms with Crippen molar-refractivity contribution < 1.29 is 4.74 Å². The number of benzene rings is 1. The highest BCUT2D eigenvalue weighted by molar-refractivity contribution is 5.21. The molecule has 19 heavy (non-hydrogen) atoms. The molecule has 0 atom stereocenters. The first-order valence-electron chi connectivity index (χ1n) is 6.47. The topological polar surface area (TPSA) is 52.0 Å². The average Bonchev–Trinajstić information content (AvgIpc) is 2.88. The van der Waals surface area contributed by atoms with Crippen LogP contribution in [0.2, 0.25) is 0 Å². The molecule has 0 radical (unpaired) electrons. The van der Waals surface area contributed by atoms with E-state index in [4.69, 9.17) is 4.74 Å². The summed E-state index contributed by atoms with van der Waals surface area (Å²) in [5.41, 5.74) is 2.44. The Labute approximate surface area is 113 Å². The number of methoxy groups -OCH3 is 1. The number of rotatable bonds is 7.